The number of benzene rings is 2. The van der Waals surface area contributed by atoms with Gasteiger partial charge in [0.05, 0.1) is 33.1 Å². The second-order valence-electron chi connectivity index (χ2n) is 7.12. The molecule has 0 unspecified atom stereocenters. The molecular weight excluding hydrogens is 444 g/mol. The third-order valence-corrected chi connectivity index (χ3v) is 5.75. The van der Waals surface area contributed by atoms with Crippen molar-refractivity contribution in [3.05, 3.63) is 69.7 Å². The lowest BCUT2D eigenvalue weighted by Gasteiger charge is -2.23. The monoisotopic (exact) mass is 472 g/mol. The minimum absolute atomic E-state index is 0.103. The molecule has 33 heavy (non-hydrogen) atoms. The van der Waals surface area contributed by atoms with Crippen LogP contribution in [0.4, 0.5) is 0 Å². The number of aliphatic hydroxyl groups is 1. The maximum absolute atomic E-state index is 13.2. The van der Waals surface area contributed by atoms with Crippen molar-refractivity contribution in [2.75, 3.05) is 34.5 Å². The average molecular weight is 473 g/mol. The van der Waals surface area contributed by atoms with Gasteiger partial charge in [-0.25, -0.2) is 4.98 Å². The summed E-state index contributed by atoms with van der Waals surface area (Å²) in [6.45, 7) is 1.35. The molecule has 8 nitrogen and oxygen atoms in total. The number of aromatic nitrogens is 1. The summed E-state index contributed by atoms with van der Waals surface area (Å²) >= 11 is 1.42. The molecule has 0 aliphatic rings. The predicted molar refractivity (Wildman–Crippen MR) is 125 cm³/mol. The van der Waals surface area contributed by atoms with Crippen molar-refractivity contribution in [2.24, 2.45) is 0 Å². The van der Waals surface area contributed by atoms with E-state index in [1.165, 1.54) is 11.3 Å². The van der Waals surface area contributed by atoms with E-state index in [1.54, 1.807) is 55.9 Å². The molecule has 1 heterocycles. The molecule has 0 radical (unpaired) electrons. The fourth-order valence-corrected chi connectivity index (χ4v) is 3.87. The molecule has 176 valence electrons. The highest BCUT2D eigenvalue weighted by molar-refractivity contribution is 7.09. The number of nitrogens with zero attached hydrogens (tertiary/aromatic N) is 2. The Labute approximate surface area is 197 Å². The number of rotatable bonds is 12. The molecule has 3 rings (SSSR count). The molecule has 0 saturated carbocycles. The number of amides is 1. The van der Waals surface area contributed by atoms with Crippen LogP contribution in [0.1, 0.15) is 26.6 Å². The van der Waals surface area contributed by atoms with Crippen LogP contribution < -0.4 is 14.2 Å². The zero-order valence-corrected chi connectivity index (χ0v) is 19.8. The van der Waals surface area contributed by atoms with Gasteiger partial charge < -0.3 is 29.0 Å². The van der Waals surface area contributed by atoms with E-state index >= 15 is 0 Å². The number of hydrogen-bond acceptors (Lipinski definition) is 8. The molecule has 3 aromatic rings. The van der Waals surface area contributed by atoms with Crippen LogP contribution in [0, 0.1) is 0 Å². The minimum Gasteiger partial charge on any atom is -0.497 e. The summed E-state index contributed by atoms with van der Waals surface area (Å²) in [4.78, 5) is 19.2. The molecule has 2 aromatic carbocycles. The summed E-state index contributed by atoms with van der Waals surface area (Å²) in [6.07, 6.45) is 0. The first kappa shape index (κ1) is 24.5. The normalized spacial score (nSPS) is 10.7. The molecule has 1 aromatic heterocycles. The van der Waals surface area contributed by atoms with Gasteiger partial charge in [0.2, 0.25) is 0 Å². The molecule has 0 aliphatic heterocycles. The maximum Gasteiger partial charge on any atom is 0.254 e. The Kier molecular flexibility index (Phi) is 9.05. The van der Waals surface area contributed by atoms with Crippen LogP contribution in [0.3, 0.4) is 0 Å². The van der Waals surface area contributed by atoms with Crippen LogP contribution in [0.25, 0.3) is 0 Å². The van der Waals surface area contributed by atoms with Crippen molar-refractivity contribution in [1.82, 2.24) is 9.88 Å². The van der Waals surface area contributed by atoms with E-state index in [2.05, 4.69) is 4.98 Å². The Hall–Kier alpha value is -3.14. The van der Waals surface area contributed by atoms with Gasteiger partial charge >= 0.3 is 0 Å². The molecule has 0 spiro atoms. The Balaban J connectivity index is 1.78. The van der Waals surface area contributed by atoms with E-state index in [4.69, 9.17) is 18.9 Å². The van der Waals surface area contributed by atoms with E-state index in [0.717, 1.165) is 10.6 Å². The van der Waals surface area contributed by atoms with Gasteiger partial charge in [-0.3, -0.25) is 4.79 Å². The van der Waals surface area contributed by atoms with Crippen molar-refractivity contribution >= 4 is 17.2 Å². The van der Waals surface area contributed by atoms with E-state index in [1.807, 2.05) is 18.2 Å². The van der Waals surface area contributed by atoms with Crippen LogP contribution >= 0.6 is 11.3 Å². The van der Waals surface area contributed by atoms with Crippen molar-refractivity contribution in [3.63, 3.8) is 0 Å². The van der Waals surface area contributed by atoms with E-state index in [0.29, 0.717) is 48.2 Å². The van der Waals surface area contributed by atoms with Gasteiger partial charge in [0.15, 0.2) is 11.5 Å². The molecule has 9 heteroatoms. The average Bonchev–Trinajstić information content (AvgIpc) is 3.33. The summed E-state index contributed by atoms with van der Waals surface area (Å²) < 4.78 is 21.8. The highest BCUT2D eigenvalue weighted by atomic mass is 32.1. The predicted octanol–water partition coefficient (Wildman–Crippen LogP) is 3.52. The lowest BCUT2D eigenvalue weighted by molar-refractivity contribution is 0.0680. The Morgan fingerprint density at radius 1 is 1.09 bits per heavy atom. The third-order valence-electron chi connectivity index (χ3n) is 4.88. The SMILES string of the molecule is COCCN(Cc1ccc(OC)c(OCc2nc(CO)cs2)c1)C(=O)c1cccc(OC)c1. The molecule has 0 aliphatic carbocycles. The molecule has 0 bridgehead atoms. The number of hydrogen-bond donors (Lipinski definition) is 1. The summed E-state index contributed by atoms with van der Waals surface area (Å²) in [5, 5.41) is 11.7. The zero-order chi connectivity index (χ0) is 23.6. The number of thiazole rings is 1. The molecule has 0 saturated heterocycles. The number of carbonyl (C=O) groups excluding carboxylic acids is 1. The topological polar surface area (TPSA) is 90.4 Å². The first-order valence-electron chi connectivity index (χ1n) is 10.3. The van der Waals surface area contributed by atoms with E-state index in [-0.39, 0.29) is 19.1 Å². The molecule has 0 atom stereocenters. The van der Waals surface area contributed by atoms with E-state index in [9.17, 15) is 9.90 Å². The first-order chi connectivity index (χ1) is 16.1. The Morgan fingerprint density at radius 2 is 1.94 bits per heavy atom. The van der Waals surface area contributed by atoms with Gasteiger partial charge in [0.25, 0.3) is 5.91 Å². The fraction of sp³-hybridized carbons (Fsp3) is 0.333. The molecule has 1 N–H and O–H groups in total. The summed E-state index contributed by atoms with van der Waals surface area (Å²) in [7, 11) is 4.75. The van der Waals surface area contributed by atoms with Gasteiger partial charge in [-0.15, -0.1) is 11.3 Å². The first-order valence-corrected chi connectivity index (χ1v) is 11.2. The van der Waals surface area contributed by atoms with Crippen LogP contribution in [-0.4, -0.2) is 55.4 Å². The zero-order valence-electron chi connectivity index (χ0n) is 18.9. The number of aliphatic hydroxyl groups excluding tert-OH is 1. The van der Waals surface area contributed by atoms with Crippen LogP contribution in [-0.2, 0) is 24.5 Å². The lowest BCUT2D eigenvalue weighted by Crippen LogP contribution is -2.33. The second-order valence-corrected chi connectivity index (χ2v) is 8.06. The van der Waals surface area contributed by atoms with Gasteiger partial charge in [-0.2, -0.15) is 0 Å². The van der Waals surface area contributed by atoms with Crippen molar-refractivity contribution in [3.8, 4) is 17.2 Å². The molecule has 1 amide bonds. The highest BCUT2D eigenvalue weighted by Crippen LogP contribution is 2.30. The summed E-state index contributed by atoms with van der Waals surface area (Å²) in [5.74, 6) is 1.64. The number of methoxy groups -OCH3 is 3. The summed E-state index contributed by atoms with van der Waals surface area (Å²) in [6, 6.07) is 12.7. The van der Waals surface area contributed by atoms with Gasteiger partial charge in [-0.1, -0.05) is 12.1 Å². The maximum atomic E-state index is 13.2. The minimum atomic E-state index is -0.122. The summed E-state index contributed by atoms with van der Waals surface area (Å²) in [5.41, 5.74) is 2.04. The number of carbonyl (C=O) groups is 1. The van der Waals surface area contributed by atoms with Gasteiger partial charge in [0, 0.05) is 31.1 Å². The Morgan fingerprint density at radius 3 is 2.64 bits per heavy atom. The van der Waals surface area contributed by atoms with E-state index < -0.39 is 0 Å². The van der Waals surface area contributed by atoms with Gasteiger partial charge in [0.1, 0.15) is 17.4 Å². The smallest absolute Gasteiger partial charge is 0.254 e. The largest absolute Gasteiger partial charge is 0.497 e. The fourth-order valence-electron chi connectivity index (χ4n) is 3.17. The van der Waals surface area contributed by atoms with Crippen LogP contribution in [0.2, 0.25) is 0 Å². The number of ether oxygens (including phenoxy) is 4. The highest BCUT2D eigenvalue weighted by Gasteiger charge is 2.18. The van der Waals surface area contributed by atoms with Crippen molar-refractivity contribution < 1.29 is 28.8 Å². The Bertz CT molecular complexity index is 1050. The lowest BCUT2D eigenvalue weighted by atomic mass is 10.1. The standard InChI is InChI=1S/C24H28N2O6S/c1-29-10-9-26(24(28)18-5-4-6-20(12-18)30-2)13-17-7-8-21(31-3)22(11-17)32-15-23-25-19(14-27)16-33-23/h4-8,11-12,16,27H,9-10,13-15H2,1-3H3. The quantitative estimate of drug-likeness (QED) is 0.431. The third kappa shape index (κ3) is 6.67. The molecule has 0 fully saturated rings. The second kappa shape index (κ2) is 12.2. The van der Waals surface area contributed by atoms with Crippen LogP contribution in [0.15, 0.2) is 47.8 Å². The van der Waals surface area contributed by atoms with Crippen molar-refractivity contribution in [1.29, 1.82) is 0 Å². The van der Waals surface area contributed by atoms with Crippen LogP contribution in [0.5, 0.6) is 17.2 Å². The molecular formula is C24H28N2O6S. The van der Waals surface area contributed by atoms with Crippen molar-refractivity contribution in [2.45, 2.75) is 19.8 Å². The van der Waals surface area contributed by atoms with Gasteiger partial charge in [-0.05, 0) is 35.9 Å².